The Morgan fingerprint density at radius 1 is 0.857 bits per heavy atom. The number of aryl methyl sites for hydroxylation is 1. The van der Waals surface area contributed by atoms with Gasteiger partial charge in [-0.05, 0) is 50.4 Å². The second-order valence-electron chi connectivity index (χ2n) is 8.20. The molecule has 0 unspecified atom stereocenters. The van der Waals surface area contributed by atoms with Crippen LogP contribution in [-0.4, -0.2) is 9.85 Å². The first kappa shape index (κ1) is 22.3. The minimum Gasteiger partial charge on any atom is -0.258 e. The van der Waals surface area contributed by atoms with Gasteiger partial charge < -0.3 is 0 Å². The van der Waals surface area contributed by atoms with Crippen LogP contribution in [-0.2, 0) is 6.42 Å². The molecule has 0 atom stereocenters. The first-order valence-corrected chi connectivity index (χ1v) is 10.9. The molecule has 0 amide bonds. The molecule has 0 radical (unpaired) electrons. The van der Waals surface area contributed by atoms with E-state index in [1.165, 1.54) is 6.42 Å². The molecule has 2 rings (SSSR count). The van der Waals surface area contributed by atoms with Gasteiger partial charge >= 0.3 is 11.4 Å². The van der Waals surface area contributed by atoms with E-state index < -0.39 is 9.85 Å². The van der Waals surface area contributed by atoms with Crippen LogP contribution in [0.4, 0.5) is 11.4 Å². The molecule has 0 heterocycles. The van der Waals surface area contributed by atoms with E-state index in [2.05, 4.69) is 13.8 Å². The maximum absolute atomic E-state index is 11.8. The quantitative estimate of drug-likeness (QED) is 0.229. The Hall–Kier alpha value is -1.98. The van der Waals surface area contributed by atoms with E-state index in [1.807, 2.05) is 0 Å². The maximum Gasteiger partial charge on any atom is 0.349 e. The van der Waals surface area contributed by atoms with Crippen LogP contribution in [0.2, 0.25) is 0 Å². The van der Waals surface area contributed by atoms with E-state index in [9.17, 15) is 20.2 Å². The Balaban J connectivity index is 2.24. The third kappa shape index (κ3) is 5.76. The van der Waals surface area contributed by atoms with Crippen molar-refractivity contribution in [1.29, 1.82) is 0 Å². The van der Waals surface area contributed by atoms with Gasteiger partial charge in [0.1, 0.15) is 0 Å². The number of hydrogen-bond acceptors (Lipinski definition) is 4. The molecule has 0 spiro atoms. The van der Waals surface area contributed by atoms with Crippen molar-refractivity contribution >= 4 is 11.4 Å². The number of rotatable bonds is 11. The summed E-state index contributed by atoms with van der Waals surface area (Å²) in [5, 5.41) is 23.6. The molecule has 1 aromatic carbocycles. The lowest BCUT2D eigenvalue weighted by Crippen LogP contribution is -2.15. The second-order valence-corrected chi connectivity index (χ2v) is 8.20. The summed E-state index contributed by atoms with van der Waals surface area (Å²) >= 11 is 0. The Kier molecular flexibility index (Phi) is 8.87. The fourth-order valence-electron chi connectivity index (χ4n) is 4.65. The maximum atomic E-state index is 11.8. The molecule has 28 heavy (non-hydrogen) atoms. The lowest BCUT2D eigenvalue weighted by molar-refractivity contribution is -0.423. The highest BCUT2D eigenvalue weighted by Gasteiger charge is 2.36. The van der Waals surface area contributed by atoms with Gasteiger partial charge in [0.25, 0.3) is 0 Å². The number of hydrogen-bond donors (Lipinski definition) is 0. The third-order valence-electron chi connectivity index (χ3n) is 6.16. The molecule has 1 aliphatic carbocycles. The Labute approximate surface area is 168 Å². The molecule has 1 fully saturated rings. The van der Waals surface area contributed by atoms with Crippen molar-refractivity contribution in [2.24, 2.45) is 5.92 Å². The highest BCUT2D eigenvalue weighted by molar-refractivity contribution is 5.63. The fraction of sp³-hybridized carbons (Fsp3) is 0.727. The topological polar surface area (TPSA) is 86.3 Å². The van der Waals surface area contributed by atoms with Crippen LogP contribution >= 0.6 is 0 Å². The van der Waals surface area contributed by atoms with Crippen molar-refractivity contribution in [2.75, 3.05) is 0 Å². The van der Waals surface area contributed by atoms with Gasteiger partial charge in [0, 0.05) is 11.1 Å². The molecular formula is C22H34N2O4. The Morgan fingerprint density at radius 2 is 1.50 bits per heavy atom. The van der Waals surface area contributed by atoms with Crippen LogP contribution in [0.3, 0.4) is 0 Å². The lowest BCUT2D eigenvalue weighted by Gasteiger charge is -2.28. The Bertz CT molecular complexity index is 667. The van der Waals surface area contributed by atoms with Crippen molar-refractivity contribution in [2.45, 2.75) is 96.8 Å². The summed E-state index contributed by atoms with van der Waals surface area (Å²) in [6, 6.07) is 3.58. The van der Waals surface area contributed by atoms with Gasteiger partial charge in [-0.2, -0.15) is 0 Å². The predicted octanol–water partition coefficient (Wildman–Crippen LogP) is 7.09. The largest absolute Gasteiger partial charge is 0.349 e. The molecule has 6 nitrogen and oxygen atoms in total. The summed E-state index contributed by atoms with van der Waals surface area (Å²) in [6.07, 6.45) is 12.0. The van der Waals surface area contributed by atoms with Crippen molar-refractivity contribution in [3.63, 3.8) is 0 Å². The molecule has 1 saturated carbocycles. The zero-order valence-electron chi connectivity index (χ0n) is 17.3. The van der Waals surface area contributed by atoms with E-state index in [1.54, 1.807) is 12.1 Å². The summed E-state index contributed by atoms with van der Waals surface area (Å²) in [5.41, 5.74) is 0.557. The predicted molar refractivity (Wildman–Crippen MR) is 112 cm³/mol. The molecular weight excluding hydrogens is 356 g/mol. The second kappa shape index (κ2) is 11.1. The van der Waals surface area contributed by atoms with Gasteiger partial charge in [0.2, 0.25) is 0 Å². The van der Waals surface area contributed by atoms with Gasteiger partial charge in [0.15, 0.2) is 0 Å². The molecule has 1 aromatic rings. The first-order valence-electron chi connectivity index (χ1n) is 10.9. The lowest BCUT2D eigenvalue weighted by atomic mass is 9.76. The SMILES string of the molecule is CCCCCCCc1ccc(C2CCC(CCC)CC2)c([N+](=O)[O-])c1[N+](=O)[O-]. The average molecular weight is 391 g/mol. The van der Waals surface area contributed by atoms with Gasteiger partial charge in [0.05, 0.1) is 9.85 Å². The van der Waals surface area contributed by atoms with E-state index in [4.69, 9.17) is 0 Å². The number of nitrogens with zero attached hydrogens (tertiary/aromatic N) is 2. The van der Waals surface area contributed by atoms with E-state index in [0.717, 1.165) is 64.2 Å². The molecule has 0 bridgehead atoms. The number of benzene rings is 1. The summed E-state index contributed by atoms with van der Waals surface area (Å²) < 4.78 is 0. The van der Waals surface area contributed by atoms with Gasteiger partial charge in [-0.3, -0.25) is 20.2 Å². The molecule has 1 aliphatic rings. The van der Waals surface area contributed by atoms with E-state index in [0.29, 0.717) is 23.5 Å². The summed E-state index contributed by atoms with van der Waals surface area (Å²) in [7, 11) is 0. The van der Waals surface area contributed by atoms with Crippen LogP contribution in [0, 0.1) is 26.1 Å². The molecule has 0 aromatic heterocycles. The van der Waals surface area contributed by atoms with Crippen molar-refractivity contribution in [3.05, 3.63) is 43.5 Å². The molecule has 0 N–H and O–H groups in total. The molecule has 6 heteroatoms. The summed E-state index contributed by atoms with van der Waals surface area (Å²) in [4.78, 5) is 22.5. The fourth-order valence-corrected chi connectivity index (χ4v) is 4.65. The van der Waals surface area contributed by atoms with Crippen LogP contribution in [0.25, 0.3) is 0 Å². The average Bonchev–Trinajstić information content (AvgIpc) is 2.68. The van der Waals surface area contributed by atoms with E-state index >= 15 is 0 Å². The highest BCUT2D eigenvalue weighted by atomic mass is 16.6. The third-order valence-corrected chi connectivity index (χ3v) is 6.16. The number of nitro groups is 2. The zero-order valence-corrected chi connectivity index (χ0v) is 17.3. The van der Waals surface area contributed by atoms with Crippen molar-refractivity contribution in [3.8, 4) is 0 Å². The molecule has 0 aliphatic heterocycles. The standard InChI is InChI=1S/C22H34N2O4/c1-3-5-6-7-8-10-19-15-16-20(22(24(27)28)21(19)23(25)26)18-13-11-17(9-4-2)12-14-18/h15-18H,3-14H2,1-2H3. The number of unbranched alkanes of at least 4 members (excludes halogenated alkanes) is 4. The summed E-state index contributed by atoms with van der Waals surface area (Å²) in [5.74, 6) is 0.753. The van der Waals surface area contributed by atoms with E-state index in [-0.39, 0.29) is 17.3 Å². The molecule has 0 saturated heterocycles. The van der Waals surface area contributed by atoms with Crippen LogP contribution in [0.15, 0.2) is 12.1 Å². The van der Waals surface area contributed by atoms with Gasteiger partial charge in [-0.15, -0.1) is 0 Å². The minimum absolute atomic E-state index is 0.0609. The highest BCUT2D eigenvalue weighted by Crippen LogP contribution is 2.45. The van der Waals surface area contributed by atoms with Crippen LogP contribution in [0.1, 0.15) is 102 Å². The number of nitro benzene ring substituents is 2. The zero-order chi connectivity index (χ0) is 20.5. The Morgan fingerprint density at radius 3 is 2.07 bits per heavy atom. The monoisotopic (exact) mass is 390 g/mol. The summed E-state index contributed by atoms with van der Waals surface area (Å²) in [6.45, 7) is 4.32. The van der Waals surface area contributed by atoms with Crippen LogP contribution in [0.5, 0.6) is 0 Å². The van der Waals surface area contributed by atoms with Gasteiger partial charge in [-0.25, -0.2) is 0 Å². The normalized spacial score (nSPS) is 19.5. The van der Waals surface area contributed by atoms with Crippen molar-refractivity contribution in [1.82, 2.24) is 0 Å². The molecule has 156 valence electrons. The van der Waals surface area contributed by atoms with Crippen molar-refractivity contribution < 1.29 is 9.85 Å². The van der Waals surface area contributed by atoms with Gasteiger partial charge in [-0.1, -0.05) is 64.5 Å². The smallest absolute Gasteiger partial charge is 0.258 e. The first-order chi connectivity index (χ1) is 13.5. The van der Waals surface area contributed by atoms with Crippen LogP contribution < -0.4 is 0 Å². The minimum atomic E-state index is -0.536.